The third kappa shape index (κ3) is 2.54. The highest BCUT2D eigenvalue weighted by Crippen LogP contribution is 2.15. The van der Waals surface area contributed by atoms with E-state index in [1.165, 1.54) is 10.6 Å². The molecule has 22 heavy (non-hydrogen) atoms. The van der Waals surface area contributed by atoms with Gasteiger partial charge in [-0.05, 0) is 18.2 Å². The van der Waals surface area contributed by atoms with Gasteiger partial charge in [0.1, 0.15) is 5.56 Å². The number of carbonyl (C=O) groups is 1. The monoisotopic (exact) mass is 294 g/mol. The number of pyridine rings is 1. The van der Waals surface area contributed by atoms with Crippen LogP contribution in [0.4, 0.5) is 0 Å². The molecule has 2 aromatic heterocycles. The second kappa shape index (κ2) is 5.69. The van der Waals surface area contributed by atoms with Gasteiger partial charge in [0.25, 0.3) is 11.5 Å². The van der Waals surface area contributed by atoms with E-state index in [0.717, 1.165) is 16.5 Å². The summed E-state index contributed by atoms with van der Waals surface area (Å²) >= 11 is 0. The lowest BCUT2D eigenvalue weighted by Crippen LogP contribution is -2.29. The maximum atomic E-state index is 12.0. The zero-order chi connectivity index (χ0) is 15.5. The molecule has 0 unspecified atom stereocenters. The molecule has 3 aromatic rings. The van der Waals surface area contributed by atoms with E-state index in [1.807, 2.05) is 30.5 Å². The summed E-state index contributed by atoms with van der Waals surface area (Å²) < 4.78 is 1.35. The van der Waals surface area contributed by atoms with Crippen LogP contribution in [0.25, 0.3) is 10.9 Å². The first-order valence-corrected chi connectivity index (χ1v) is 6.72. The van der Waals surface area contributed by atoms with Crippen molar-refractivity contribution in [3.63, 3.8) is 0 Å². The Labute approximate surface area is 126 Å². The molecule has 0 spiro atoms. The summed E-state index contributed by atoms with van der Waals surface area (Å²) in [6.07, 6.45) is 4.94. The first kappa shape index (κ1) is 13.8. The minimum atomic E-state index is -0.530. The second-order valence-electron chi connectivity index (χ2n) is 4.83. The van der Waals surface area contributed by atoms with Crippen molar-refractivity contribution >= 4 is 23.0 Å². The summed E-state index contributed by atoms with van der Waals surface area (Å²) in [7, 11) is 1.59. The van der Waals surface area contributed by atoms with Crippen LogP contribution in [0.1, 0.15) is 15.9 Å². The zero-order valence-electron chi connectivity index (χ0n) is 11.9. The van der Waals surface area contributed by atoms with Crippen LogP contribution < -0.4 is 11.0 Å². The molecular weight excluding hydrogens is 280 g/mol. The Balaban J connectivity index is 1.78. The minimum Gasteiger partial charge on any atom is -0.361 e. The van der Waals surface area contributed by atoms with E-state index in [9.17, 15) is 9.59 Å². The third-order valence-corrected chi connectivity index (χ3v) is 3.36. The van der Waals surface area contributed by atoms with Crippen LogP contribution in [-0.2, 0) is 7.05 Å². The van der Waals surface area contributed by atoms with Gasteiger partial charge in [-0.3, -0.25) is 9.59 Å². The Hall–Kier alpha value is -3.15. The van der Waals surface area contributed by atoms with E-state index >= 15 is 0 Å². The molecule has 110 valence electrons. The standard InChI is InChI=1S/C16H14N4O2/c1-20-8-4-6-13(16(20)22)15(21)19-18-10-11-9-17-14-7-3-2-5-12(11)14/h2-10,17H,1H3,(H,19,21)/b18-10-. The normalized spacial score (nSPS) is 11.1. The summed E-state index contributed by atoms with van der Waals surface area (Å²) in [5.74, 6) is -0.530. The predicted molar refractivity (Wildman–Crippen MR) is 85.0 cm³/mol. The predicted octanol–water partition coefficient (Wildman–Crippen LogP) is 1.63. The van der Waals surface area contributed by atoms with Crippen molar-refractivity contribution in [2.24, 2.45) is 12.1 Å². The molecule has 1 aromatic carbocycles. The first-order valence-electron chi connectivity index (χ1n) is 6.72. The number of nitrogens with one attached hydrogen (secondary N) is 2. The van der Waals surface area contributed by atoms with Crippen LogP contribution >= 0.6 is 0 Å². The Kier molecular flexibility index (Phi) is 3.57. The number of amides is 1. The molecule has 0 radical (unpaired) electrons. The summed E-state index contributed by atoms with van der Waals surface area (Å²) in [5.41, 5.74) is 3.92. The minimum absolute atomic E-state index is 0.0566. The van der Waals surface area contributed by atoms with Gasteiger partial charge in [0.15, 0.2) is 0 Å². The first-order chi connectivity index (χ1) is 10.7. The summed E-state index contributed by atoms with van der Waals surface area (Å²) in [6, 6.07) is 10.9. The van der Waals surface area contributed by atoms with Crippen LogP contribution in [-0.4, -0.2) is 21.7 Å². The fraction of sp³-hybridized carbons (Fsp3) is 0.0625. The summed E-state index contributed by atoms with van der Waals surface area (Å²) in [5, 5.41) is 4.93. The Morgan fingerprint density at radius 2 is 2.09 bits per heavy atom. The molecule has 6 heteroatoms. The highest BCUT2D eigenvalue weighted by Gasteiger charge is 2.09. The molecule has 2 heterocycles. The second-order valence-corrected chi connectivity index (χ2v) is 4.83. The topological polar surface area (TPSA) is 79.2 Å². The van der Waals surface area contributed by atoms with Crippen LogP contribution in [0.5, 0.6) is 0 Å². The lowest BCUT2D eigenvalue weighted by Gasteiger charge is -2.01. The average molecular weight is 294 g/mol. The molecule has 2 N–H and O–H groups in total. The zero-order valence-corrected chi connectivity index (χ0v) is 11.9. The number of hydrazone groups is 1. The Bertz CT molecular complexity index is 921. The van der Waals surface area contributed by atoms with E-state index in [1.54, 1.807) is 25.5 Å². The van der Waals surface area contributed by atoms with Crippen molar-refractivity contribution in [2.45, 2.75) is 0 Å². The molecule has 6 nitrogen and oxygen atoms in total. The van der Waals surface area contributed by atoms with Crippen molar-refractivity contribution in [3.05, 3.63) is 70.3 Å². The average Bonchev–Trinajstić information content (AvgIpc) is 2.93. The number of benzene rings is 1. The number of rotatable bonds is 3. The van der Waals surface area contributed by atoms with Crippen LogP contribution in [0.3, 0.4) is 0 Å². The lowest BCUT2D eigenvalue weighted by atomic mass is 10.2. The van der Waals surface area contributed by atoms with Gasteiger partial charge < -0.3 is 9.55 Å². The number of aromatic nitrogens is 2. The lowest BCUT2D eigenvalue weighted by molar-refractivity contribution is 0.0953. The number of hydrogen-bond donors (Lipinski definition) is 2. The maximum absolute atomic E-state index is 12.0. The highest BCUT2D eigenvalue weighted by atomic mass is 16.2. The molecule has 0 fully saturated rings. The maximum Gasteiger partial charge on any atom is 0.276 e. The van der Waals surface area contributed by atoms with E-state index in [0.29, 0.717) is 0 Å². The fourth-order valence-corrected chi connectivity index (χ4v) is 2.19. The number of aromatic amines is 1. The number of para-hydroxylation sites is 1. The number of fused-ring (bicyclic) bond motifs is 1. The van der Waals surface area contributed by atoms with Crippen molar-refractivity contribution in [1.29, 1.82) is 0 Å². The molecular formula is C16H14N4O2. The SMILES string of the molecule is Cn1cccc(C(=O)N/N=C\c2c[nH]c3ccccc23)c1=O. The number of H-pyrrole nitrogens is 1. The molecule has 0 aliphatic rings. The smallest absolute Gasteiger partial charge is 0.276 e. The van der Waals surface area contributed by atoms with Gasteiger partial charge in [-0.25, -0.2) is 5.43 Å². The van der Waals surface area contributed by atoms with Gasteiger partial charge >= 0.3 is 0 Å². The van der Waals surface area contributed by atoms with E-state index < -0.39 is 5.91 Å². The van der Waals surface area contributed by atoms with Gasteiger partial charge in [-0.1, -0.05) is 18.2 Å². The Morgan fingerprint density at radius 3 is 2.95 bits per heavy atom. The van der Waals surface area contributed by atoms with Gasteiger partial charge in [0.2, 0.25) is 0 Å². The summed E-state index contributed by atoms with van der Waals surface area (Å²) in [4.78, 5) is 26.9. The molecule has 0 saturated carbocycles. The molecule has 0 aliphatic carbocycles. The van der Waals surface area contributed by atoms with Crippen molar-refractivity contribution in [2.75, 3.05) is 0 Å². The van der Waals surface area contributed by atoms with Gasteiger partial charge in [-0.2, -0.15) is 5.10 Å². The van der Waals surface area contributed by atoms with Gasteiger partial charge in [-0.15, -0.1) is 0 Å². The molecule has 0 bridgehead atoms. The fourth-order valence-electron chi connectivity index (χ4n) is 2.19. The van der Waals surface area contributed by atoms with E-state index in [-0.39, 0.29) is 11.1 Å². The van der Waals surface area contributed by atoms with Gasteiger partial charge in [0, 0.05) is 35.9 Å². The van der Waals surface area contributed by atoms with Crippen LogP contribution in [0.15, 0.2) is 58.7 Å². The van der Waals surface area contributed by atoms with Crippen molar-refractivity contribution in [3.8, 4) is 0 Å². The van der Waals surface area contributed by atoms with Crippen molar-refractivity contribution in [1.82, 2.24) is 15.0 Å². The van der Waals surface area contributed by atoms with E-state index in [4.69, 9.17) is 0 Å². The third-order valence-electron chi connectivity index (χ3n) is 3.36. The molecule has 3 rings (SSSR count). The number of carbonyl (C=O) groups excluding carboxylic acids is 1. The molecule has 0 atom stereocenters. The molecule has 1 amide bonds. The van der Waals surface area contributed by atoms with E-state index in [2.05, 4.69) is 15.5 Å². The summed E-state index contributed by atoms with van der Waals surface area (Å²) in [6.45, 7) is 0. The van der Waals surface area contributed by atoms with Crippen LogP contribution in [0.2, 0.25) is 0 Å². The molecule has 0 saturated heterocycles. The molecule has 0 aliphatic heterocycles. The van der Waals surface area contributed by atoms with Crippen molar-refractivity contribution < 1.29 is 4.79 Å². The number of hydrogen-bond acceptors (Lipinski definition) is 3. The number of nitrogens with zero attached hydrogens (tertiary/aromatic N) is 2. The number of aryl methyl sites for hydroxylation is 1. The highest BCUT2D eigenvalue weighted by molar-refractivity contribution is 6.00. The Morgan fingerprint density at radius 1 is 1.27 bits per heavy atom. The largest absolute Gasteiger partial charge is 0.361 e. The van der Waals surface area contributed by atoms with Gasteiger partial charge in [0.05, 0.1) is 6.21 Å². The quantitative estimate of drug-likeness (QED) is 0.569. The van der Waals surface area contributed by atoms with Crippen LogP contribution in [0, 0.1) is 0 Å².